The van der Waals surface area contributed by atoms with Gasteiger partial charge in [0.1, 0.15) is 5.82 Å². The Morgan fingerprint density at radius 1 is 1.27 bits per heavy atom. The summed E-state index contributed by atoms with van der Waals surface area (Å²) in [5.41, 5.74) is 6.11. The van der Waals surface area contributed by atoms with Gasteiger partial charge < -0.3 is 15.6 Å². The highest BCUT2D eigenvalue weighted by molar-refractivity contribution is 7.99. The Bertz CT molecular complexity index is 657. The molecule has 0 unspecified atom stereocenters. The highest BCUT2D eigenvalue weighted by Gasteiger charge is 2.12. The normalized spacial score (nSPS) is 10.4. The summed E-state index contributed by atoms with van der Waals surface area (Å²) in [6.45, 7) is -0.155. The molecular formula is C14H17N5O2S. The summed E-state index contributed by atoms with van der Waals surface area (Å²) < 4.78 is 1.86. The summed E-state index contributed by atoms with van der Waals surface area (Å²) in [6, 6.07) is 9.97. The molecule has 8 heteroatoms. The third-order valence-electron chi connectivity index (χ3n) is 2.92. The number of nitrogens with two attached hydrogens (primary N) is 1. The quantitative estimate of drug-likeness (QED) is 0.705. The van der Waals surface area contributed by atoms with Crippen LogP contribution in [0.1, 0.15) is 11.4 Å². The molecule has 0 radical (unpaired) electrons. The van der Waals surface area contributed by atoms with Crippen molar-refractivity contribution in [1.82, 2.24) is 20.1 Å². The van der Waals surface area contributed by atoms with Gasteiger partial charge in [0.05, 0.1) is 12.3 Å². The number of carbonyl (C=O) groups is 2. The third kappa shape index (κ3) is 4.59. The van der Waals surface area contributed by atoms with Crippen molar-refractivity contribution in [2.75, 3.05) is 12.3 Å². The van der Waals surface area contributed by atoms with E-state index in [1.54, 1.807) is 0 Å². The van der Waals surface area contributed by atoms with Gasteiger partial charge in [-0.25, -0.2) is 0 Å². The van der Waals surface area contributed by atoms with Crippen molar-refractivity contribution >= 4 is 23.6 Å². The fourth-order valence-corrected chi connectivity index (χ4v) is 2.53. The second-order valence-electron chi connectivity index (χ2n) is 4.65. The Kier molecular flexibility index (Phi) is 5.54. The van der Waals surface area contributed by atoms with E-state index in [0.717, 1.165) is 11.4 Å². The number of carbonyl (C=O) groups excluding carboxylic acids is 2. The van der Waals surface area contributed by atoms with Crippen LogP contribution >= 0.6 is 11.8 Å². The van der Waals surface area contributed by atoms with Crippen LogP contribution in [0.15, 0.2) is 35.5 Å². The molecule has 3 N–H and O–H groups in total. The Morgan fingerprint density at radius 2 is 2.00 bits per heavy atom. The summed E-state index contributed by atoms with van der Waals surface area (Å²) in [7, 11) is 1.86. The first kappa shape index (κ1) is 16.0. The summed E-state index contributed by atoms with van der Waals surface area (Å²) in [6.07, 6.45) is 0.679. The zero-order chi connectivity index (χ0) is 15.9. The summed E-state index contributed by atoms with van der Waals surface area (Å²) in [4.78, 5) is 22.1. The van der Waals surface area contributed by atoms with Gasteiger partial charge in [0.25, 0.3) is 0 Å². The second-order valence-corrected chi connectivity index (χ2v) is 5.59. The monoisotopic (exact) mass is 319 g/mol. The van der Waals surface area contributed by atoms with Crippen molar-refractivity contribution in [3.8, 4) is 0 Å². The van der Waals surface area contributed by atoms with E-state index in [1.807, 2.05) is 41.9 Å². The number of rotatable bonds is 7. The molecule has 7 nitrogen and oxygen atoms in total. The predicted molar refractivity (Wildman–Crippen MR) is 83.2 cm³/mol. The maximum absolute atomic E-state index is 11.5. The highest BCUT2D eigenvalue weighted by atomic mass is 32.2. The second kappa shape index (κ2) is 7.60. The Balaban J connectivity index is 1.91. The van der Waals surface area contributed by atoms with Crippen molar-refractivity contribution in [3.63, 3.8) is 0 Å². The van der Waals surface area contributed by atoms with Crippen LogP contribution in [0, 0.1) is 0 Å². The molecule has 2 aromatic rings. The van der Waals surface area contributed by atoms with Crippen molar-refractivity contribution in [2.24, 2.45) is 12.8 Å². The maximum Gasteiger partial charge on any atom is 0.236 e. The van der Waals surface area contributed by atoms with E-state index in [1.165, 1.54) is 11.8 Å². The summed E-state index contributed by atoms with van der Waals surface area (Å²) in [5.74, 6) is 0.148. The lowest BCUT2D eigenvalue weighted by molar-refractivity contribution is -0.123. The molecule has 0 bridgehead atoms. The number of hydrogen-bond acceptors (Lipinski definition) is 5. The molecule has 0 atom stereocenters. The lowest BCUT2D eigenvalue weighted by Gasteiger charge is -2.04. The maximum atomic E-state index is 11.5. The molecule has 22 heavy (non-hydrogen) atoms. The van der Waals surface area contributed by atoms with E-state index in [4.69, 9.17) is 5.73 Å². The van der Waals surface area contributed by atoms with E-state index in [-0.39, 0.29) is 18.2 Å². The molecule has 2 amide bonds. The number of benzene rings is 1. The Morgan fingerprint density at radius 3 is 2.68 bits per heavy atom. The van der Waals surface area contributed by atoms with E-state index in [9.17, 15) is 9.59 Å². The molecule has 0 saturated heterocycles. The van der Waals surface area contributed by atoms with Gasteiger partial charge in [-0.3, -0.25) is 9.59 Å². The van der Waals surface area contributed by atoms with Crippen LogP contribution in [-0.4, -0.2) is 38.9 Å². The van der Waals surface area contributed by atoms with Crippen LogP contribution in [0.3, 0.4) is 0 Å². The minimum Gasteiger partial charge on any atom is -0.368 e. The Labute approximate surface area is 132 Å². The smallest absolute Gasteiger partial charge is 0.236 e. The van der Waals surface area contributed by atoms with Crippen molar-refractivity contribution < 1.29 is 9.59 Å². The van der Waals surface area contributed by atoms with Crippen LogP contribution in [0.5, 0.6) is 0 Å². The van der Waals surface area contributed by atoms with Gasteiger partial charge in [-0.1, -0.05) is 42.1 Å². The highest BCUT2D eigenvalue weighted by Crippen LogP contribution is 2.16. The minimum absolute atomic E-state index is 0.155. The summed E-state index contributed by atoms with van der Waals surface area (Å²) in [5, 5.41) is 11.3. The molecule has 0 fully saturated rings. The van der Waals surface area contributed by atoms with Gasteiger partial charge >= 0.3 is 0 Å². The lowest BCUT2D eigenvalue weighted by Crippen LogP contribution is -2.34. The average Bonchev–Trinajstić information content (AvgIpc) is 2.85. The van der Waals surface area contributed by atoms with Gasteiger partial charge in [0, 0.05) is 13.5 Å². The van der Waals surface area contributed by atoms with E-state index < -0.39 is 5.91 Å². The number of nitrogens with one attached hydrogen (secondary N) is 1. The van der Waals surface area contributed by atoms with Gasteiger partial charge in [0.15, 0.2) is 5.16 Å². The molecule has 0 aliphatic rings. The lowest BCUT2D eigenvalue weighted by atomic mass is 10.1. The number of nitrogens with zero attached hydrogens (tertiary/aromatic N) is 3. The largest absolute Gasteiger partial charge is 0.368 e. The van der Waals surface area contributed by atoms with Gasteiger partial charge in [-0.15, -0.1) is 10.2 Å². The number of hydrogen-bond donors (Lipinski definition) is 2. The predicted octanol–water partition coefficient (Wildman–Crippen LogP) is 0.0995. The van der Waals surface area contributed by atoms with Crippen LogP contribution in [-0.2, 0) is 23.1 Å². The van der Waals surface area contributed by atoms with Gasteiger partial charge in [-0.05, 0) is 5.56 Å². The molecule has 0 aliphatic heterocycles. The number of primary amides is 1. The molecule has 0 saturated carbocycles. The van der Waals surface area contributed by atoms with Crippen molar-refractivity contribution in [1.29, 1.82) is 0 Å². The first-order valence-corrected chi connectivity index (χ1v) is 7.65. The van der Waals surface area contributed by atoms with Crippen molar-refractivity contribution in [3.05, 3.63) is 41.7 Å². The molecule has 1 heterocycles. The van der Waals surface area contributed by atoms with Gasteiger partial charge in [0.2, 0.25) is 11.8 Å². The topological polar surface area (TPSA) is 103 Å². The van der Waals surface area contributed by atoms with Crippen LogP contribution in [0.2, 0.25) is 0 Å². The van der Waals surface area contributed by atoms with Crippen LogP contribution < -0.4 is 11.1 Å². The molecule has 1 aromatic heterocycles. The molecule has 0 aliphatic carbocycles. The van der Waals surface area contributed by atoms with Crippen molar-refractivity contribution in [2.45, 2.75) is 11.6 Å². The molecule has 1 aromatic carbocycles. The van der Waals surface area contributed by atoms with Crippen LogP contribution in [0.25, 0.3) is 0 Å². The number of aromatic nitrogens is 3. The number of thioether (sulfide) groups is 1. The zero-order valence-electron chi connectivity index (χ0n) is 12.2. The average molecular weight is 319 g/mol. The van der Waals surface area contributed by atoms with Gasteiger partial charge in [-0.2, -0.15) is 0 Å². The van der Waals surface area contributed by atoms with E-state index >= 15 is 0 Å². The van der Waals surface area contributed by atoms with E-state index in [0.29, 0.717) is 11.6 Å². The SMILES string of the molecule is Cn1c(Cc2ccccc2)nnc1SCC(=O)NCC(N)=O. The zero-order valence-corrected chi connectivity index (χ0v) is 13.0. The molecule has 116 valence electrons. The molecule has 0 spiro atoms. The molecule has 2 rings (SSSR count). The molecular weight excluding hydrogens is 302 g/mol. The third-order valence-corrected chi connectivity index (χ3v) is 3.94. The van der Waals surface area contributed by atoms with Crippen LogP contribution in [0.4, 0.5) is 0 Å². The standard InChI is InChI=1S/C14H17N5O2S/c1-19-12(7-10-5-3-2-4-6-10)17-18-14(19)22-9-13(21)16-8-11(15)20/h2-6H,7-9H2,1H3,(H2,15,20)(H,16,21). The number of amides is 2. The van der Waals surface area contributed by atoms with E-state index in [2.05, 4.69) is 15.5 Å². The first-order valence-electron chi connectivity index (χ1n) is 6.66. The first-order chi connectivity index (χ1) is 10.6. The Hall–Kier alpha value is -2.35. The minimum atomic E-state index is -0.567. The fraction of sp³-hybridized carbons (Fsp3) is 0.286. The fourth-order valence-electron chi connectivity index (χ4n) is 1.77. The summed E-state index contributed by atoms with van der Waals surface area (Å²) >= 11 is 1.26.